The van der Waals surface area contributed by atoms with Crippen molar-refractivity contribution in [3.8, 4) is 5.75 Å². The average Bonchev–Trinajstić information content (AvgIpc) is 2.64. The third-order valence-electron chi connectivity index (χ3n) is 4.45. The molecule has 0 bridgehead atoms. The number of nitrogens with zero attached hydrogens (tertiary/aromatic N) is 3. The molecule has 132 valence electrons. The topological polar surface area (TPSA) is 76.5 Å². The zero-order chi connectivity index (χ0) is 17.8. The molecule has 1 aliphatic rings. The van der Waals surface area contributed by atoms with E-state index in [1.807, 2.05) is 23.1 Å². The maximum atomic E-state index is 12.6. The van der Waals surface area contributed by atoms with Crippen LogP contribution in [0.25, 0.3) is 0 Å². The lowest BCUT2D eigenvalue weighted by molar-refractivity contribution is -0.120. The van der Waals surface area contributed by atoms with E-state index in [0.717, 1.165) is 30.8 Å². The molecule has 0 saturated carbocycles. The molecule has 0 aliphatic carbocycles. The minimum atomic E-state index is -0.152. The first kappa shape index (κ1) is 17.0. The van der Waals surface area contributed by atoms with Gasteiger partial charge in [0.2, 0.25) is 5.91 Å². The number of carbonyl (C=O) groups excluding carboxylic acids is 1. The van der Waals surface area contributed by atoms with Gasteiger partial charge in [0.1, 0.15) is 5.75 Å². The summed E-state index contributed by atoms with van der Waals surface area (Å²) in [6, 6.07) is 8.87. The zero-order valence-electron chi connectivity index (χ0n) is 14.4. The molecule has 0 radical (unpaired) electrons. The van der Waals surface area contributed by atoms with Crippen molar-refractivity contribution < 1.29 is 9.53 Å². The Bertz CT molecular complexity index is 818. The Morgan fingerprint density at radius 2 is 2.20 bits per heavy atom. The first-order chi connectivity index (χ1) is 12.1. The number of aromatic nitrogens is 2. The largest absolute Gasteiger partial charge is 0.497 e. The molecule has 1 saturated heterocycles. The molecule has 2 aromatic rings. The maximum Gasteiger partial charge on any atom is 0.268 e. The number of amides is 1. The van der Waals surface area contributed by atoms with Crippen LogP contribution in [0.15, 0.2) is 41.3 Å². The van der Waals surface area contributed by atoms with Crippen LogP contribution in [0.2, 0.25) is 0 Å². The van der Waals surface area contributed by atoms with E-state index in [1.54, 1.807) is 32.5 Å². The van der Waals surface area contributed by atoms with E-state index in [0.29, 0.717) is 12.3 Å². The minimum absolute atomic E-state index is 0.0188. The monoisotopic (exact) mass is 342 g/mol. The van der Waals surface area contributed by atoms with Crippen LogP contribution < -0.4 is 20.5 Å². The van der Waals surface area contributed by atoms with E-state index in [4.69, 9.17) is 4.74 Å². The second kappa shape index (κ2) is 7.38. The molecular weight excluding hydrogens is 320 g/mol. The summed E-state index contributed by atoms with van der Waals surface area (Å²) in [5.74, 6) is 0.549. The molecule has 7 nitrogen and oxygen atoms in total. The van der Waals surface area contributed by atoms with Gasteiger partial charge in [-0.15, -0.1) is 0 Å². The Balaban J connectivity index is 1.68. The summed E-state index contributed by atoms with van der Waals surface area (Å²) in [5.41, 5.74) is 1.33. The van der Waals surface area contributed by atoms with Gasteiger partial charge in [0.05, 0.1) is 24.9 Å². The SMILES string of the molecule is COc1cccc(NC(=O)[C@H]2CCCN(c3cnn(C)c(=O)c3)C2)c1. The third kappa shape index (κ3) is 3.99. The lowest BCUT2D eigenvalue weighted by Gasteiger charge is -2.33. The Morgan fingerprint density at radius 1 is 1.36 bits per heavy atom. The smallest absolute Gasteiger partial charge is 0.268 e. The predicted molar refractivity (Wildman–Crippen MR) is 96.0 cm³/mol. The van der Waals surface area contributed by atoms with E-state index >= 15 is 0 Å². The molecule has 0 spiro atoms. The van der Waals surface area contributed by atoms with E-state index in [-0.39, 0.29) is 17.4 Å². The Hall–Kier alpha value is -2.83. The van der Waals surface area contributed by atoms with Crippen LogP contribution >= 0.6 is 0 Å². The molecule has 2 heterocycles. The van der Waals surface area contributed by atoms with Crippen LogP contribution in [0.1, 0.15) is 12.8 Å². The van der Waals surface area contributed by atoms with Gasteiger partial charge in [0, 0.05) is 38.0 Å². The minimum Gasteiger partial charge on any atom is -0.497 e. The number of methoxy groups -OCH3 is 1. The maximum absolute atomic E-state index is 12.6. The van der Waals surface area contributed by atoms with Crippen molar-refractivity contribution >= 4 is 17.3 Å². The van der Waals surface area contributed by atoms with Gasteiger partial charge in [0.25, 0.3) is 5.56 Å². The Morgan fingerprint density at radius 3 is 2.96 bits per heavy atom. The molecule has 1 N–H and O–H groups in total. The number of hydrogen-bond donors (Lipinski definition) is 1. The molecule has 1 amide bonds. The van der Waals surface area contributed by atoms with Gasteiger partial charge < -0.3 is 15.0 Å². The number of rotatable bonds is 4. The summed E-state index contributed by atoms with van der Waals surface area (Å²) in [6.07, 6.45) is 3.39. The Labute approximate surface area is 146 Å². The highest BCUT2D eigenvalue weighted by Gasteiger charge is 2.26. The highest BCUT2D eigenvalue weighted by atomic mass is 16.5. The third-order valence-corrected chi connectivity index (χ3v) is 4.45. The van der Waals surface area contributed by atoms with Gasteiger partial charge in [-0.1, -0.05) is 6.07 Å². The molecule has 1 aromatic heterocycles. The van der Waals surface area contributed by atoms with E-state index in [1.165, 1.54) is 4.68 Å². The number of carbonyl (C=O) groups is 1. The van der Waals surface area contributed by atoms with Crippen molar-refractivity contribution in [3.63, 3.8) is 0 Å². The molecule has 1 aromatic carbocycles. The predicted octanol–water partition coefficient (Wildman–Crippen LogP) is 1.64. The second-order valence-electron chi connectivity index (χ2n) is 6.18. The number of hydrogen-bond acceptors (Lipinski definition) is 5. The van der Waals surface area contributed by atoms with Crippen molar-refractivity contribution in [2.45, 2.75) is 12.8 Å². The lowest BCUT2D eigenvalue weighted by atomic mass is 9.96. The quantitative estimate of drug-likeness (QED) is 0.914. The summed E-state index contributed by atoms with van der Waals surface area (Å²) in [7, 11) is 3.21. The molecule has 1 atom stereocenters. The lowest BCUT2D eigenvalue weighted by Crippen LogP contribution is -2.41. The number of ether oxygens (including phenoxy) is 1. The highest BCUT2D eigenvalue weighted by Crippen LogP contribution is 2.24. The van der Waals surface area contributed by atoms with Crippen molar-refractivity contribution in [1.29, 1.82) is 0 Å². The van der Waals surface area contributed by atoms with E-state index in [2.05, 4.69) is 10.4 Å². The molecule has 1 fully saturated rings. The first-order valence-corrected chi connectivity index (χ1v) is 8.30. The molecular formula is C18H22N4O3. The number of benzene rings is 1. The summed E-state index contributed by atoms with van der Waals surface area (Å²) in [5, 5.41) is 7.01. The van der Waals surface area contributed by atoms with Crippen LogP contribution in [-0.2, 0) is 11.8 Å². The molecule has 7 heteroatoms. The summed E-state index contributed by atoms with van der Waals surface area (Å²) in [4.78, 5) is 26.4. The van der Waals surface area contributed by atoms with Gasteiger partial charge in [-0.25, -0.2) is 4.68 Å². The first-order valence-electron chi connectivity index (χ1n) is 8.30. The van der Waals surface area contributed by atoms with Gasteiger partial charge in [-0.05, 0) is 25.0 Å². The average molecular weight is 342 g/mol. The van der Waals surface area contributed by atoms with Gasteiger partial charge in [-0.3, -0.25) is 9.59 Å². The summed E-state index contributed by atoms with van der Waals surface area (Å²) in [6.45, 7) is 1.39. The second-order valence-corrected chi connectivity index (χ2v) is 6.18. The van der Waals surface area contributed by atoms with Crippen molar-refractivity contribution in [2.24, 2.45) is 13.0 Å². The van der Waals surface area contributed by atoms with Gasteiger partial charge in [-0.2, -0.15) is 5.10 Å². The van der Waals surface area contributed by atoms with Crippen molar-refractivity contribution in [3.05, 3.63) is 46.9 Å². The van der Waals surface area contributed by atoms with Crippen molar-refractivity contribution in [2.75, 3.05) is 30.4 Å². The Kier molecular flexibility index (Phi) is 5.02. The fourth-order valence-corrected chi connectivity index (χ4v) is 3.00. The number of piperidine rings is 1. The number of nitrogens with one attached hydrogen (secondary N) is 1. The van der Waals surface area contributed by atoms with Crippen LogP contribution in [-0.4, -0.2) is 35.9 Å². The van der Waals surface area contributed by atoms with Crippen LogP contribution in [0.4, 0.5) is 11.4 Å². The summed E-state index contributed by atoms with van der Waals surface area (Å²) < 4.78 is 6.47. The van der Waals surface area contributed by atoms with Crippen molar-refractivity contribution in [1.82, 2.24) is 9.78 Å². The van der Waals surface area contributed by atoms with Gasteiger partial charge in [0.15, 0.2) is 0 Å². The molecule has 3 rings (SSSR count). The fraction of sp³-hybridized carbons (Fsp3) is 0.389. The number of anilines is 2. The molecule has 25 heavy (non-hydrogen) atoms. The normalized spacial score (nSPS) is 17.2. The molecule has 0 unspecified atom stereocenters. The fourth-order valence-electron chi connectivity index (χ4n) is 3.00. The van der Waals surface area contributed by atoms with Crippen LogP contribution in [0, 0.1) is 5.92 Å². The van der Waals surface area contributed by atoms with E-state index in [9.17, 15) is 9.59 Å². The number of aryl methyl sites for hydroxylation is 1. The van der Waals surface area contributed by atoms with E-state index < -0.39 is 0 Å². The highest BCUT2D eigenvalue weighted by molar-refractivity contribution is 5.93. The summed E-state index contributed by atoms with van der Waals surface area (Å²) >= 11 is 0. The standard InChI is InChI=1S/C18H22N4O3/c1-21-17(23)10-15(11-19-21)22-8-4-5-13(12-22)18(24)20-14-6-3-7-16(9-14)25-2/h3,6-7,9-11,13H,4-5,8,12H2,1-2H3,(H,20,24)/t13-/m0/s1. The zero-order valence-corrected chi connectivity index (χ0v) is 14.4. The van der Waals surface area contributed by atoms with Crippen LogP contribution in [0.3, 0.4) is 0 Å². The molecule has 1 aliphatic heterocycles. The van der Waals surface area contributed by atoms with Gasteiger partial charge >= 0.3 is 0 Å². The van der Waals surface area contributed by atoms with Crippen LogP contribution in [0.5, 0.6) is 5.75 Å².